The lowest BCUT2D eigenvalue weighted by Gasteiger charge is -2.14. The highest BCUT2D eigenvalue weighted by molar-refractivity contribution is 6.30. The standard InChI is InChI=1S/C14H12ClFN2O/c1-9(10-3-2-4-12(15)7-10)18-14(19)11-5-6-13(16)17-8-11/h2-9H,1H3,(H,18,19). The van der Waals surface area contributed by atoms with Crippen molar-refractivity contribution in [2.75, 3.05) is 0 Å². The van der Waals surface area contributed by atoms with Crippen LogP contribution in [-0.4, -0.2) is 10.9 Å². The molecule has 0 aliphatic rings. The Morgan fingerprint density at radius 1 is 1.37 bits per heavy atom. The minimum absolute atomic E-state index is 0.198. The second-order valence-electron chi connectivity index (χ2n) is 4.12. The van der Waals surface area contributed by atoms with Gasteiger partial charge in [0.25, 0.3) is 5.91 Å². The van der Waals surface area contributed by atoms with Gasteiger partial charge >= 0.3 is 0 Å². The number of pyridine rings is 1. The lowest BCUT2D eigenvalue weighted by molar-refractivity contribution is 0.0939. The SMILES string of the molecule is CC(NC(=O)c1ccc(F)nc1)c1cccc(Cl)c1. The van der Waals surface area contributed by atoms with Crippen LogP contribution in [0.4, 0.5) is 4.39 Å². The van der Waals surface area contributed by atoms with Gasteiger partial charge < -0.3 is 5.32 Å². The maximum Gasteiger partial charge on any atom is 0.253 e. The molecule has 0 aliphatic heterocycles. The molecule has 1 atom stereocenters. The molecule has 2 rings (SSSR count). The van der Waals surface area contributed by atoms with Gasteiger partial charge in [-0.2, -0.15) is 4.39 Å². The van der Waals surface area contributed by atoms with Gasteiger partial charge in [0.05, 0.1) is 11.6 Å². The van der Waals surface area contributed by atoms with Gasteiger partial charge in [0.2, 0.25) is 5.95 Å². The average Bonchev–Trinajstić information content (AvgIpc) is 2.39. The summed E-state index contributed by atoms with van der Waals surface area (Å²) in [5.74, 6) is -0.917. The zero-order chi connectivity index (χ0) is 13.8. The molecule has 0 aliphatic carbocycles. The summed E-state index contributed by atoms with van der Waals surface area (Å²) in [6.07, 6.45) is 1.20. The third-order valence-electron chi connectivity index (χ3n) is 2.69. The highest BCUT2D eigenvalue weighted by Gasteiger charge is 2.12. The number of halogens is 2. The van der Waals surface area contributed by atoms with Crippen LogP contribution >= 0.6 is 11.6 Å². The van der Waals surface area contributed by atoms with E-state index < -0.39 is 5.95 Å². The summed E-state index contributed by atoms with van der Waals surface area (Å²) in [7, 11) is 0. The van der Waals surface area contributed by atoms with Crippen LogP contribution in [0, 0.1) is 5.95 Å². The molecule has 1 aromatic heterocycles. The van der Waals surface area contributed by atoms with Crippen LogP contribution in [0.1, 0.15) is 28.9 Å². The van der Waals surface area contributed by atoms with Gasteiger partial charge in [-0.25, -0.2) is 4.98 Å². The Labute approximate surface area is 115 Å². The van der Waals surface area contributed by atoms with Crippen LogP contribution in [0.5, 0.6) is 0 Å². The highest BCUT2D eigenvalue weighted by atomic mass is 35.5. The quantitative estimate of drug-likeness (QED) is 0.875. The fourth-order valence-corrected chi connectivity index (χ4v) is 1.85. The minimum atomic E-state index is -0.612. The van der Waals surface area contributed by atoms with Gasteiger partial charge in [-0.3, -0.25) is 4.79 Å². The molecule has 0 fully saturated rings. The smallest absolute Gasteiger partial charge is 0.253 e. The number of hydrogen-bond acceptors (Lipinski definition) is 2. The summed E-state index contributed by atoms with van der Waals surface area (Å²) in [6, 6.07) is 9.59. The third-order valence-corrected chi connectivity index (χ3v) is 2.92. The maximum atomic E-state index is 12.7. The van der Waals surface area contributed by atoms with Crippen LogP contribution in [0.15, 0.2) is 42.6 Å². The summed E-state index contributed by atoms with van der Waals surface area (Å²) in [5.41, 5.74) is 1.21. The van der Waals surface area contributed by atoms with E-state index in [-0.39, 0.29) is 11.9 Å². The van der Waals surface area contributed by atoms with Crippen molar-refractivity contribution in [3.8, 4) is 0 Å². The Bertz CT molecular complexity index is 586. The first-order valence-electron chi connectivity index (χ1n) is 5.74. The van der Waals surface area contributed by atoms with Gasteiger partial charge in [0, 0.05) is 11.2 Å². The Morgan fingerprint density at radius 2 is 2.16 bits per heavy atom. The van der Waals surface area contributed by atoms with Crippen LogP contribution < -0.4 is 5.32 Å². The van der Waals surface area contributed by atoms with Crippen molar-refractivity contribution in [3.05, 3.63) is 64.7 Å². The summed E-state index contributed by atoms with van der Waals surface area (Å²) in [4.78, 5) is 15.4. The van der Waals surface area contributed by atoms with E-state index in [2.05, 4.69) is 10.3 Å². The molecule has 1 amide bonds. The molecule has 1 N–H and O–H groups in total. The first-order chi connectivity index (χ1) is 9.06. The van der Waals surface area contributed by atoms with Crippen molar-refractivity contribution < 1.29 is 9.18 Å². The number of carbonyl (C=O) groups excluding carboxylic acids is 1. The third kappa shape index (κ3) is 3.51. The fraction of sp³-hybridized carbons (Fsp3) is 0.143. The van der Waals surface area contributed by atoms with Crippen molar-refractivity contribution in [2.24, 2.45) is 0 Å². The topological polar surface area (TPSA) is 42.0 Å². The van der Waals surface area contributed by atoms with E-state index in [4.69, 9.17) is 11.6 Å². The Kier molecular flexibility index (Phi) is 4.12. The van der Waals surface area contributed by atoms with Gasteiger partial charge in [-0.1, -0.05) is 23.7 Å². The van der Waals surface area contributed by atoms with Crippen molar-refractivity contribution in [1.29, 1.82) is 0 Å². The van der Waals surface area contributed by atoms with Crippen molar-refractivity contribution in [1.82, 2.24) is 10.3 Å². The first-order valence-corrected chi connectivity index (χ1v) is 6.12. The molecule has 19 heavy (non-hydrogen) atoms. The summed E-state index contributed by atoms with van der Waals surface area (Å²) in [6.45, 7) is 1.85. The molecule has 5 heteroatoms. The number of aromatic nitrogens is 1. The molecule has 1 heterocycles. The van der Waals surface area contributed by atoms with E-state index >= 15 is 0 Å². The minimum Gasteiger partial charge on any atom is -0.345 e. The largest absolute Gasteiger partial charge is 0.345 e. The van der Waals surface area contributed by atoms with Gasteiger partial charge in [-0.05, 0) is 36.8 Å². The molecule has 98 valence electrons. The van der Waals surface area contributed by atoms with Gasteiger partial charge in [-0.15, -0.1) is 0 Å². The highest BCUT2D eigenvalue weighted by Crippen LogP contribution is 2.17. The monoisotopic (exact) mass is 278 g/mol. The van der Waals surface area contributed by atoms with E-state index in [0.29, 0.717) is 10.6 Å². The lowest BCUT2D eigenvalue weighted by Crippen LogP contribution is -2.26. The summed E-state index contributed by atoms with van der Waals surface area (Å²) in [5, 5.41) is 3.41. The molecular weight excluding hydrogens is 267 g/mol. The van der Waals surface area contributed by atoms with E-state index in [1.807, 2.05) is 19.1 Å². The van der Waals surface area contributed by atoms with Crippen molar-refractivity contribution in [2.45, 2.75) is 13.0 Å². The summed E-state index contributed by atoms with van der Waals surface area (Å²) < 4.78 is 12.7. The van der Waals surface area contributed by atoms with E-state index in [0.717, 1.165) is 11.6 Å². The predicted octanol–water partition coefficient (Wildman–Crippen LogP) is 3.37. The molecule has 1 unspecified atom stereocenters. The molecule has 0 radical (unpaired) electrons. The van der Waals surface area contributed by atoms with E-state index in [1.54, 1.807) is 12.1 Å². The normalized spacial score (nSPS) is 11.9. The molecule has 0 bridgehead atoms. The zero-order valence-corrected chi connectivity index (χ0v) is 11.0. The number of rotatable bonds is 3. The van der Waals surface area contributed by atoms with Crippen LogP contribution in [0.25, 0.3) is 0 Å². The first kappa shape index (κ1) is 13.5. The summed E-state index contributed by atoms with van der Waals surface area (Å²) >= 11 is 5.90. The Hall–Kier alpha value is -1.94. The Balaban J connectivity index is 2.08. The zero-order valence-electron chi connectivity index (χ0n) is 10.2. The van der Waals surface area contributed by atoms with Crippen LogP contribution in [-0.2, 0) is 0 Å². The maximum absolute atomic E-state index is 12.7. The van der Waals surface area contributed by atoms with E-state index in [1.165, 1.54) is 12.3 Å². The molecule has 3 nitrogen and oxygen atoms in total. The molecule has 0 saturated carbocycles. The lowest BCUT2D eigenvalue weighted by atomic mass is 10.1. The van der Waals surface area contributed by atoms with Crippen LogP contribution in [0.2, 0.25) is 5.02 Å². The van der Waals surface area contributed by atoms with Crippen molar-refractivity contribution in [3.63, 3.8) is 0 Å². The molecule has 2 aromatic rings. The number of nitrogens with one attached hydrogen (secondary N) is 1. The van der Waals surface area contributed by atoms with Gasteiger partial charge in [0.15, 0.2) is 0 Å². The number of benzene rings is 1. The second-order valence-corrected chi connectivity index (χ2v) is 4.56. The van der Waals surface area contributed by atoms with Crippen molar-refractivity contribution >= 4 is 17.5 Å². The number of hydrogen-bond donors (Lipinski definition) is 1. The molecule has 0 spiro atoms. The molecule has 0 saturated heterocycles. The van der Waals surface area contributed by atoms with Crippen LogP contribution in [0.3, 0.4) is 0 Å². The predicted molar refractivity (Wildman–Crippen MR) is 71.5 cm³/mol. The average molecular weight is 279 g/mol. The second kappa shape index (κ2) is 5.80. The molecular formula is C14H12ClFN2O. The fourth-order valence-electron chi connectivity index (χ4n) is 1.65. The number of amides is 1. The van der Waals surface area contributed by atoms with Gasteiger partial charge in [0.1, 0.15) is 0 Å². The van der Waals surface area contributed by atoms with E-state index in [9.17, 15) is 9.18 Å². The molecule has 1 aromatic carbocycles. The number of carbonyl (C=O) groups is 1. The number of nitrogens with zero attached hydrogens (tertiary/aromatic N) is 1. The Morgan fingerprint density at radius 3 is 2.79 bits per heavy atom.